The lowest BCUT2D eigenvalue weighted by atomic mass is 9.96. The number of amides is 2. The third-order valence-electron chi connectivity index (χ3n) is 5.81. The van der Waals surface area contributed by atoms with Crippen molar-refractivity contribution in [2.75, 3.05) is 25.5 Å². The van der Waals surface area contributed by atoms with Gasteiger partial charge in [0.05, 0.1) is 29.0 Å². The van der Waals surface area contributed by atoms with E-state index >= 15 is 0 Å². The van der Waals surface area contributed by atoms with Crippen LogP contribution in [0.1, 0.15) is 48.1 Å². The zero-order valence-electron chi connectivity index (χ0n) is 19.8. The molecule has 3 aromatic rings. The number of carbonyl (C=O) groups excluding carboxylic acids is 2. The molecule has 0 spiro atoms. The van der Waals surface area contributed by atoms with E-state index in [2.05, 4.69) is 15.3 Å². The molecule has 0 aliphatic carbocycles. The number of ether oxygens (including phenoxy) is 2. The number of para-hydroxylation sites is 1. The van der Waals surface area contributed by atoms with Gasteiger partial charge in [-0.15, -0.1) is 11.3 Å². The average molecular weight is 515 g/mol. The van der Waals surface area contributed by atoms with Gasteiger partial charge >= 0.3 is 0 Å². The fourth-order valence-corrected chi connectivity index (χ4v) is 5.05. The van der Waals surface area contributed by atoms with Gasteiger partial charge in [0, 0.05) is 30.5 Å². The Balaban J connectivity index is 1.32. The maximum atomic E-state index is 13.2. The van der Waals surface area contributed by atoms with Crippen molar-refractivity contribution in [3.63, 3.8) is 0 Å². The number of methoxy groups -OCH3 is 1. The van der Waals surface area contributed by atoms with E-state index < -0.39 is 5.60 Å². The van der Waals surface area contributed by atoms with Gasteiger partial charge in [-0.1, -0.05) is 23.7 Å². The molecule has 1 saturated heterocycles. The first kappa shape index (κ1) is 24.9. The lowest BCUT2D eigenvalue weighted by Crippen LogP contribution is -2.51. The molecule has 0 atom stereocenters. The molecule has 0 bridgehead atoms. The van der Waals surface area contributed by atoms with Gasteiger partial charge < -0.3 is 19.7 Å². The van der Waals surface area contributed by atoms with Crippen molar-refractivity contribution >= 4 is 40.4 Å². The summed E-state index contributed by atoms with van der Waals surface area (Å²) in [7, 11) is 1.53. The van der Waals surface area contributed by atoms with Gasteiger partial charge in [-0.3, -0.25) is 9.59 Å². The van der Waals surface area contributed by atoms with Crippen molar-refractivity contribution in [3.05, 3.63) is 63.7 Å². The van der Waals surface area contributed by atoms with Crippen molar-refractivity contribution in [2.24, 2.45) is 0 Å². The van der Waals surface area contributed by atoms with Crippen molar-refractivity contribution < 1.29 is 19.1 Å². The smallest absolute Gasteiger partial charge is 0.275 e. The Labute approximate surface area is 213 Å². The van der Waals surface area contributed by atoms with Gasteiger partial charge in [0.2, 0.25) is 5.88 Å². The van der Waals surface area contributed by atoms with Crippen molar-refractivity contribution in [1.29, 1.82) is 0 Å². The molecule has 2 aromatic heterocycles. The number of likely N-dealkylation sites (tertiary alicyclic amines) is 1. The molecule has 0 saturated carbocycles. The number of halogens is 1. The maximum Gasteiger partial charge on any atom is 0.275 e. The molecular formula is C25H27ClN4O4S. The molecular weight excluding hydrogens is 488 g/mol. The number of hydrogen-bond acceptors (Lipinski definition) is 7. The number of benzene rings is 1. The summed E-state index contributed by atoms with van der Waals surface area (Å²) in [5.41, 5.74) is -0.104. The van der Waals surface area contributed by atoms with Crippen molar-refractivity contribution in [2.45, 2.75) is 38.2 Å². The van der Waals surface area contributed by atoms with Crippen LogP contribution in [0.15, 0.2) is 48.0 Å². The second-order valence-electron chi connectivity index (χ2n) is 8.72. The summed E-state index contributed by atoms with van der Waals surface area (Å²) in [6.07, 6.45) is 3.07. The molecule has 0 unspecified atom stereocenters. The predicted octanol–water partition coefficient (Wildman–Crippen LogP) is 5.02. The molecule has 1 aliphatic rings. The summed E-state index contributed by atoms with van der Waals surface area (Å²) >= 11 is 7.67. The second kappa shape index (κ2) is 10.6. The SMILES string of the molecule is COc1ccc(NC(=O)c2csc(C3CCN(C(=O)C(C)(C)Oc4ccccc4Cl)CC3)n2)cn1. The zero-order chi connectivity index (χ0) is 25.0. The highest BCUT2D eigenvalue weighted by molar-refractivity contribution is 7.10. The number of anilines is 1. The highest BCUT2D eigenvalue weighted by Crippen LogP contribution is 2.33. The minimum absolute atomic E-state index is 0.0804. The monoisotopic (exact) mass is 514 g/mol. The summed E-state index contributed by atoms with van der Waals surface area (Å²) in [5.74, 6) is 0.790. The maximum absolute atomic E-state index is 13.2. The van der Waals surface area contributed by atoms with E-state index in [1.807, 2.05) is 17.0 Å². The van der Waals surface area contributed by atoms with Crippen LogP contribution in [-0.4, -0.2) is 52.5 Å². The van der Waals surface area contributed by atoms with E-state index in [0.29, 0.717) is 41.1 Å². The summed E-state index contributed by atoms with van der Waals surface area (Å²) < 4.78 is 11.0. The van der Waals surface area contributed by atoms with Crippen LogP contribution in [0.4, 0.5) is 5.69 Å². The number of pyridine rings is 1. The van der Waals surface area contributed by atoms with E-state index in [4.69, 9.17) is 21.1 Å². The third kappa shape index (κ3) is 5.91. The minimum Gasteiger partial charge on any atom is -0.481 e. The van der Waals surface area contributed by atoms with Gasteiger partial charge in [0.25, 0.3) is 11.8 Å². The van der Waals surface area contributed by atoms with Crippen LogP contribution in [-0.2, 0) is 4.79 Å². The zero-order valence-corrected chi connectivity index (χ0v) is 21.4. The first-order chi connectivity index (χ1) is 16.8. The number of thiazole rings is 1. The number of nitrogens with zero attached hydrogens (tertiary/aromatic N) is 3. The molecule has 10 heteroatoms. The Morgan fingerprint density at radius 3 is 2.57 bits per heavy atom. The standard InChI is InChI=1S/C25H27ClN4O4S/c1-25(2,34-20-7-5-4-6-18(20)26)24(32)30-12-10-16(11-13-30)23-29-19(15-35-23)22(31)28-17-8-9-21(33-3)27-14-17/h4-9,14-16H,10-13H2,1-3H3,(H,28,31). The van der Waals surface area contributed by atoms with Crippen molar-refractivity contribution in [1.82, 2.24) is 14.9 Å². The summed E-state index contributed by atoms with van der Waals surface area (Å²) in [6.45, 7) is 4.71. The van der Waals surface area contributed by atoms with Crippen LogP contribution in [0.25, 0.3) is 0 Å². The average Bonchev–Trinajstić information content (AvgIpc) is 3.36. The van der Waals surface area contributed by atoms with E-state index in [1.165, 1.54) is 24.6 Å². The molecule has 0 radical (unpaired) electrons. The van der Waals surface area contributed by atoms with Gasteiger partial charge in [0.15, 0.2) is 5.60 Å². The molecule has 184 valence electrons. The number of nitrogens with one attached hydrogen (secondary N) is 1. The lowest BCUT2D eigenvalue weighted by molar-refractivity contribution is -0.146. The molecule has 1 N–H and O–H groups in total. The van der Waals surface area contributed by atoms with Crippen LogP contribution in [0, 0.1) is 0 Å². The van der Waals surface area contributed by atoms with Crippen molar-refractivity contribution in [3.8, 4) is 11.6 Å². The largest absolute Gasteiger partial charge is 0.481 e. The molecule has 1 fully saturated rings. The van der Waals surface area contributed by atoms with Gasteiger partial charge in [-0.25, -0.2) is 9.97 Å². The van der Waals surface area contributed by atoms with Crippen LogP contribution in [0.3, 0.4) is 0 Å². The molecule has 1 aliphatic heterocycles. The number of carbonyl (C=O) groups is 2. The molecule has 35 heavy (non-hydrogen) atoms. The quantitative estimate of drug-likeness (QED) is 0.476. The van der Waals surface area contributed by atoms with E-state index in [0.717, 1.165) is 17.8 Å². The molecule has 8 nitrogen and oxygen atoms in total. The topological polar surface area (TPSA) is 93.7 Å². The van der Waals surface area contributed by atoms with Crippen LogP contribution >= 0.6 is 22.9 Å². The molecule has 3 heterocycles. The minimum atomic E-state index is -1.04. The number of rotatable bonds is 7. The first-order valence-electron chi connectivity index (χ1n) is 11.3. The molecule has 2 amide bonds. The third-order valence-corrected chi connectivity index (χ3v) is 7.13. The normalized spacial score (nSPS) is 14.5. The van der Waals surface area contributed by atoms with Gasteiger partial charge in [-0.05, 0) is 44.9 Å². The Kier molecular flexibility index (Phi) is 7.57. The lowest BCUT2D eigenvalue weighted by Gasteiger charge is -2.36. The molecule has 1 aromatic carbocycles. The summed E-state index contributed by atoms with van der Waals surface area (Å²) in [5, 5.41) is 5.94. The first-order valence-corrected chi connectivity index (χ1v) is 12.5. The second-order valence-corrected chi connectivity index (χ2v) is 10.0. The summed E-state index contributed by atoms with van der Waals surface area (Å²) in [6, 6.07) is 10.5. The van der Waals surface area contributed by atoms with Gasteiger partial charge in [-0.2, -0.15) is 0 Å². The Bertz CT molecular complexity index is 1190. The Morgan fingerprint density at radius 2 is 1.91 bits per heavy atom. The van der Waals surface area contributed by atoms with E-state index in [1.54, 1.807) is 43.5 Å². The Morgan fingerprint density at radius 1 is 1.17 bits per heavy atom. The number of aromatic nitrogens is 2. The number of hydrogen-bond donors (Lipinski definition) is 1. The predicted molar refractivity (Wildman–Crippen MR) is 136 cm³/mol. The van der Waals surface area contributed by atoms with Crippen LogP contribution < -0.4 is 14.8 Å². The van der Waals surface area contributed by atoms with E-state index in [9.17, 15) is 9.59 Å². The van der Waals surface area contributed by atoms with E-state index in [-0.39, 0.29) is 17.7 Å². The Hall–Kier alpha value is -3.17. The fourth-order valence-electron chi connectivity index (χ4n) is 3.91. The highest BCUT2D eigenvalue weighted by Gasteiger charge is 2.37. The summed E-state index contributed by atoms with van der Waals surface area (Å²) in [4.78, 5) is 36.2. The van der Waals surface area contributed by atoms with Crippen LogP contribution in [0.5, 0.6) is 11.6 Å². The molecule has 4 rings (SSSR count). The fraction of sp³-hybridized carbons (Fsp3) is 0.360. The highest BCUT2D eigenvalue weighted by atomic mass is 35.5. The van der Waals surface area contributed by atoms with Gasteiger partial charge in [0.1, 0.15) is 11.4 Å². The van der Waals surface area contributed by atoms with Crippen LogP contribution in [0.2, 0.25) is 5.02 Å². The number of piperidine rings is 1.